The Morgan fingerprint density at radius 3 is 1.92 bits per heavy atom. The van der Waals surface area contributed by atoms with Gasteiger partial charge < -0.3 is 14.7 Å². The SMILES string of the molecule is CC(C)N(C(=O)O/C=C(\CC(O)C(C)(C)C)C[Si](C)(C)C)C(C)C. The molecule has 0 aromatic heterocycles. The first-order chi connectivity index (χ1) is 10.6. The van der Waals surface area contributed by atoms with Crippen molar-refractivity contribution in [1.82, 2.24) is 4.90 Å². The summed E-state index contributed by atoms with van der Waals surface area (Å²) in [6, 6.07) is 1.09. The van der Waals surface area contributed by atoms with Crippen molar-refractivity contribution in [3.8, 4) is 0 Å². The minimum absolute atomic E-state index is 0.0894. The van der Waals surface area contributed by atoms with Gasteiger partial charge in [0.05, 0.1) is 12.4 Å². The van der Waals surface area contributed by atoms with E-state index in [9.17, 15) is 9.90 Å². The van der Waals surface area contributed by atoms with Crippen LogP contribution in [-0.2, 0) is 4.74 Å². The van der Waals surface area contributed by atoms with E-state index in [1.54, 1.807) is 11.2 Å². The number of aliphatic hydroxyl groups is 1. The van der Waals surface area contributed by atoms with E-state index >= 15 is 0 Å². The average Bonchev–Trinajstić information content (AvgIpc) is 2.31. The first-order valence-electron chi connectivity index (χ1n) is 9.00. The summed E-state index contributed by atoms with van der Waals surface area (Å²) < 4.78 is 5.48. The lowest BCUT2D eigenvalue weighted by molar-refractivity contribution is 0.0623. The van der Waals surface area contributed by atoms with Gasteiger partial charge in [-0.2, -0.15) is 0 Å². The molecule has 0 saturated heterocycles. The van der Waals surface area contributed by atoms with Crippen LogP contribution in [0.2, 0.25) is 25.7 Å². The summed E-state index contributed by atoms with van der Waals surface area (Å²) in [6.45, 7) is 20.8. The summed E-state index contributed by atoms with van der Waals surface area (Å²) in [4.78, 5) is 14.1. The molecule has 0 aromatic carbocycles. The average molecular weight is 358 g/mol. The van der Waals surface area contributed by atoms with Crippen LogP contribution in [0.15, 0.2) is 11.8 Å². The zero-order valence-corrected chi connectivity index (χ0v) is 18.4. The zero-order chi connectivity index (χ0) is 19.3. The van der Waals surface area contributed by atoms with E-state index in [-0.39, 0.29) is 23.6 Å². The van der Waals surface area contributed by atoms with Crippen molar-refractivity contribution in [2.24, 2.45) is 5.41 Å². The van der Waals surface area contributed by atoms with E-state index in [0.29, 0.717) is 6.42 Å². The van der Waals surface area contributed by atoms with Gasteiger partial charge in [0.25, 0.3) is 0 Å². The van der Waals surface area contributed by atoms with Crippen LogP contribution in [0, 0.1) is 5.41 Å². The maximum Gasteiger partial charge on any atom is 0.415 e. The summed E-state index contributed by atoms with van der Waals surface area (Å²) in [5.74, 6) is 0. The largest absolute Gasteiger partial charge is 0.418 e. The Kier molecular flexibility index (Phi) is 8.74. The summed E-state index contributed by atoms with van der Waals surface area (Å²) >= 11 is 0. The van der Waals surface area contributed by atoms with Crippen LogP contribution in [0.4, 0.5) is 4.79 Å². The lowest BCUT2D eigenvalue weighted by Crippen LogP contribution is -2.41. The summed E-state index contributed by atoms with van der Waals surface area (Å²) in [7, 11) is -1.37. The Labute approximate surface area is 150 Å². The first-order valence-corrected chi connectivity index (χ1v) is 12.7. The molecule has 0 heterocycles. The third-order valence-electron chi connectivity index (χ3n) is 3.86. The second-order valence-corrected chi connectivity index (χ2v) is 15.1. The third-order valence-corrected chi connectivity index (χ3v) is 5.38. The molecule has 0 fully saturated rings. The molecule has 0 saturated carbocycles. The number of amides is 1. The molecule has 142 valence electrons. The monoisotopic (exact) mass is 357 g/mol. The van der Waals surface area contributed by atoms with Gasteiger partial charge in [0.2, 0.25) is 0 Å². The van der Waals surface area contributed by atoms with Gasteiger partial charge in [-0.25, -0.2) is 4.79 Å². The molecule has 0 aliphatic heterocycles. The molecule has 1 N–H and O–H groups in total. The molecule has 1 unspecified atom stereocenters. The Balaban J connectivity index is 5.21. The fourth-order valence-corrected chi connectivity index (χ4v) is 4.20. The molecule has 24 heavy (non-hydrogen) atoms. The fourth-order valence-electron chi connectivity index (χ4n) is 2.61. The molecule has 0 rings (SSSR count). The van der Waals surface area contributed by atoms with Gasteiger partial charge in [-0.1, -0.05) is 40.4 Å². The fraction of sp³-hybridized carbons (Fsp3) is 0.842. The van der Waals surface area contributed by atoms with Crippen LogP contribution >= 0.6 is 0 Å². The highest BCUT2D eigenvalue weighted by molar-refractivity contribution is 6.76. The molecule has 1 atom stereocenters. The van der Waals surface area contributed by atoms with Crippen molar-refractivity contribution in [3.05, 3.63) is 11.8 Å². The second-order valence-electron chi connectivity index (χ2n) is 9.58. The molecule has 0 bridgehead atoms. The number of hydrogen-bond donors (Lipinski definition) is 1. The lowest BCUT2D eigenvalue weighted by atomic mass is 9.86. The molecule has 0 radical (unpaired) electrons. The highest BCUT2D eigenvalue weighted by Gasteiger charge is 2.26. The Morgan fingerprint density at radius 2 is 1.58 bits per heavy atom. The van der Waals surface area contributed by atoms with Gasteiger partial charge in [-0.05, 0) is 51.1 Å². The molecular formula is C19H39NO3Si. The maximum atomic E-state index is 12.4. The van der Waals surface area contributed by atoms with E-state index in [2.05, 4.69) is 19.6 Å². The Bertz CT molecular complexity index is 423. The van der Waals surface area contributed by atoms with Crippen molar-refractivity contribution >= 4 is 14.2 Å². The predicted octanol–water partition coefficient (Wildman–Crippen LogP) is 5.26. The topological polar surface area (TPSA) is 49.8 Å². The Morgan fingerprint density at radius 1 is 1.12 bits per heavy atom. The highest BCUT2D eigenvalue weighted by atomic mass is 28.3. The van der Waals surface area contributed by atoms with Gasteiger partial charge >= 0.3 is 6.09 Å². The van der Waals surface area contributed by atoms with Crippen LogP contribution in [0.3, 0.4) is 0 Å². The van der Waals surface area contributed by atoms with Gasteiger partial charge in [-0.3, -0.25) is 0 Å². The Hall–Kier alpha value is -0.813. The third kappa shape index (κ3) is 8.88. The van der Waals surface area contributed by atoms with E-state index in [1.165, 1.54) is 0 Å². The van der Waals surface area contributed by atoms with Crippen LogP contribution < -0.4 is 0 Å². The van der Waals surface area contributed by atoms with E-state index in [4.69, 9.17) is 4.74 Å². The molecule has 1 amide bonds. The second kappa shape index (κ2) is 9.04. The van der Waals surface area contributed by atoms with Crippen LogP contribution in [0.5, 0.6) is 0 Å². The molecule has 0 aromatic rings. The van der Waals surface area contributed by atoms with Gasteiger partial charge in [-0.15, -0.1) is 0 Å². The molecule has 0 spiro atoms. The quantitative estimate of drug-likeness (QED) is 0.499. The molecule has 0 aliphatic carbocycles. The minimum atomic E-state index is -1.37. The number of rotatable bonds is 7. The van der Waals surface area contributed by atoms with E-state index in [0.717, 1.165) is 11.6 Å². The number of carbonyl (C=O) groups excluding carboxylic acids is 1. The molecule has 5 heteroatoms. The number of aliphatic hydroxyl groups excluding tert-OH is 1. The van der Waals surface area contributed by atoms with Gasteiger partial charge in [0.15, 0.2) is 0 Å². The van der Waals surface area contributed by atoms with E-state index < -0.39 is 14.2 Å². The molecular weight excluding hydrogens is 318 g/mol. The minimum Gasteiger partial charge on any atom is -0.418 e. The normalized spacial score (nSPS) is 15.0. The van der Waals surface area contributed by atoms with E-state index in [1.807, 2.05) is 48.5 Å². The molecule has 0 aliphatic rings. The van der Waals surface area contributed by atoms with Crippen LogP contribution in [0.25, 0.3) is 0 Å². The van der Waals surface area contributed by atoms with Crippen molar-refractivity contribution in [2.45, 2.75) is 98.8 Å². The van der Waals surface area contributed by atoms with Crippen molar-refractivity contribution in [1.29, 1.82) is 0 Å². The van der Waals surface area contributed by atoms with Crippen LogP contribution in [-0.4, -0.2) is 42.4 Å². The smallest absolute Gasteiger partial charge is 0.415 e. The lowest BCUT2D eigenvalue weighted by Gasteiger charge is -2.30. The molecule has 4 nitrogen and oxygen atoms in total. The maximum absolute atomic E-state index is 12.4. The summed E-state index contributed by atoms with van der Waals surface area (Å²) in [5, 5.41) is 10.4. The number of carbonyl (C=O) groups is 1. The number of hydrogen-bond acceptors (Lipinski definition) is 3. The predicted molar refractivity (Wildman–Crippen MR) is 105 cm³/mol. The summed E-state index contributed by atoms with van der Waals surface area (Å²) in [5.41, 5.74) is 0.835. The van der Waals surface area contributed by atoms with Gasteiger partial charge in [0, 0.05) is 20.2 Å². The van der Waals surface area contributed by atoms with Crippen molar-refractivity contribution in [3.63, 3.8) is 0 Å². The number of nitrogens with zero attached hydrogens (tertiary/aromatic N) is 1. The number of ether oxygens (including phenoxy) is 1. The van der Waals surface area contributed by atoms with Crippen molar-refractivity contribution < 1.29 is 14.6 Å². The van der Waals surface area contributed by atoms with Crippen molar-refractivity contribution in [2.75, 3.05) is 0 Å². The van der Waals surface area contributed by atoms with Crippen LogP contribution in [0.1, 0.15) is 54.9 Å². The standard InChI is InChI=1S/C19H39NO3Si/c1-14(2)20(15(3)4)18(22)23-12-16(13-24(8,9)10)11-17(21)19(5,6)7/h12,14-15,17,21H,11,13H2,1-10H3/b16-12+. The highest BCUT2D eigenvalue weighted by Crippen LogP contribution is 2.28. The summed E-state index contributed by atoms with van der Waals surface area (Å²) in [6.07, 6.45) is 1.36. The van der Waals surface area contributed by atoms with Gasteiger partial charge in [0.1, 0.15) is 0 Å². The first kappa shape index (κ1) is 23.2. The zero-order valence-electron chi connectivity index (χ0n) is 17.4.